The fourth-order valence-electron chi connectivity index (χ4n) is 2.64. The van der Waals surface area contributed by atoms with E-state index in [0.717, 1.165) is 24.8 Å². The maximum absolute atomic E-state index is 11.6. The van der Waals surface area contributed by atoms with Gasteiger partial charge in [0.15, 0.2) is 0 Å². The van der Waals surface area contributed by atoms with Gasteiger partial charge in [0.05, 0.1) is 12.7 Å². The van der Waals surface area contributed by atoms with E-state index in [2.05, 4.69) is 5.32 Å². The number of carbonyl (C=O) groups is 2. The van der Waals surface area contributed by atoms with Gasteiger partial charge in [-0.2, -0.15) is 0 Å². The molecule has 0 aliphatic heterocycles. The number of benzene rings is 1. The molecule has 0 radical (unpaired) electrons. The van der Waals surface area contributed by atoms with Crippen LogP contribution < -0.4 is 5.32 Å². The number of carbonyl (C=O) groups excluding carboxylic acids is 2. The molecule has 0 heterocycles. The second kappa shape index (κ2) is 6.75. The molecule has 0 aromatic heterocycles. The minimum absolute atomic E-state index is 0.0260. The SMILES string of the molecule is COC(=O)c1ccc2c(c1)C(CNC(=O)CCl)CCC2. The molecule has 2 rings (SSSR count). The van der Waals surface area contributed by atoms with Crippen molar-refractivity contribution < 1.29 is 14.3 Å². The number of methoxy groups -OCH3 is 1. The lowest BCUT2D eigenvalue weighted by atomic mass is 9.82. The van der Waals surface area contributed by atoms with Gasteiger partial charge in [-0.1, -0.05) is 6.07 Å². The number of rotatable bonds is 4. The molecule has 0 saturated heterocycles. The zero-order valence-electron chi connectivity index (χ0n) is 11.4. The van der Waals surface area contributed by atoms with E-state index >= 15 is 0 Å². The highest BCUT2D eigenvalue weighted by Gasteiger charge is 2.22. The second-order valence-electron chi connectivity index (χ2n) is 4.93. The average molecular weight is 296 g/mol. The lowest BCUT2D eigenvalue weighted by molar-refractivity contribution is -0.118. The minimum Gasteiger partial charge on any atom is -0.465 e. The molecule has 108 valence electrons. The first kappa shape index (κ1) is 14.9. The van der Waals surface area contributed by atoms with Gasteiger partial charge in [0.1, 0.15) is 5.88 Å². The zero-order valence-corrected chi connectivity index (χ0v) is 12.2. The standard InChI is InChI=1S/C15H18ClNO3/c1-20-15(19)11-6-5-10-3-2-4-12(13(10)7-11)9-17-14(18)8-16/h5-7,12H,2-4,8-9H2,1H3,(H,17,18). The fraction of sp³-hybridized carbons (Fsp3) is 0.467. The third kappa shape index (κ3) is 3.31. The van der Waals surface area contributed by atoms with Crippen LogP contribution in [0, 0.1) is 0 Å². The van der Waals surface area contributed by atoms with Crippen LogP contribution in [-0.2, 0) is 16.0 Å². The van der Waals surface area contributed by atoms with Crippen LogP contribution in [-0.4, -0.2) is 31.4 Å². The Morgan fingerprint density at radius 1 is 1.45 bits per heavy atom. The Bertz CT molecular complexity index is 516. The summed E-state index contributed by atoms with van der Waals surface area (Å²) in [6.07, 6.45) is 3.10. The van der Waals surface area contributed by atoms with Crippen LogP contribution in [0.1, 0.15) is 40.2 Å². The van der Waals surface area contributed by atoms with E-state index in [1.807, 2.05) is 12.1 Å². The van der Waals surface area contributed by atoms with Crippen molar-refractivity contribution >= 4 is 23.5 Å². The number of hydrogen-bond donors (Lipinski definition) is 1. The van der Waals surface area contributed by atoms with Crippen molar-refractivity contribution in [3.63, 3.8) is 0 Å². The summed E-state index contributed by atoms with van der Waals surface area (Å²) in [6.45, 7) is 0.559. The van der Waals surface area contributed by atoms with Crippen LogP contribution in [0.25, 0.3) is 0 Å². The molecule has 4 nitrogen and oxygen atoms in total. The average Bonchev–Trinajstić information content (AvgIpc) is 2.51. The highest BCUT2D eigenvalue weighted by Crippen LogP contribution is 2.32. The molecule has 1 atom stereocenters. The third-order valence-corrected chi connectivity index (χ3v) is 3.92. The topological polar surface area (TPSA) is 55.4 Å². The van der Waals surface area contributed by atoms with Crippen LogP contribution in [0.3, 0.4) is 0 Å². The van der Waals surface area contributed by atoms with Gasteiger partial charge in [0.2, 0.25) is 5.91 Å². The monoisotopic (exact) mass is 295 g/mol. The van der Waals surface area contributed by atoms with Crippen molar-refractivity contribution in [3.8, 4) is 0 Å². The Morgan fingerprint density at radius 2 is 2.25 bits per heavy atom. The number of ether oxygens (including phenoxy) is 1. The molecule has 1 amide bonds. The molecule has 20 heavy (non-hydrogen) atoms. The van der Waals surface area contributed by atoms with Crippen molar-refractivity contribution in [2.24, 2.45) is 0 Å². The largest absolute Gasteiger partial charge is 0.465 e. The highest BCUT2D eigenvalue weighted by molar-refractivity contribution is 6.27. The molecule has 1 aliphatic rings. The number of nitrogens with one attached hydrogen (secondary N) is 1. The predicted molar refractivity (Wildman–Crippen MR) is 77.2 cm³/mol. The van der Waals surface area contributed by atoms with Crippen LogP contribution in [0.5, 0.6) is 0 Å². The Labute approximate surface area is 123 Å². The molecule has 1 aromatic carbocycles. The molecule has 0 saturated carbocycles. The zero-order chi connectivity index (χ0) is 14.5. The summed E-state index contributed by atoms with van der Waals surface area (Å²) in [5, 5.41) is 2.82. The Hall–Kier alpha value is -1.55. The maximum atomic E-state index is 11.6. The number of hydrogen-bond acceptors (Lipinski definition) is 3. The number of fused-ring (bicyclic) bond motifs is 1. The number of esters is 1. The molecular formula is C15H18ClNO3. The van der Waals surface area contributed by atoms with Gasteiger partial charge >= 0.3 is 5.97 Å². The van der Waals surface area contributed by atoms with Crippen molar-refractivity contribution in [1.82, 2.24) is 5.32 Å². The Kier molecular flexibility index (Phi) is 5.01. The predicted octanol–water partition coefficient (Wildman–Crippen LogP) is 2.25. The summed E-state index contributed by atoms with van der Waals surface area (Å²) >= 11 is 5.48. The van der Waals surface area contributed by atoms with Crippen LogP contribution >= 0.6 is 11.6 Å². The van der Waals surface area contributed by atoms with Crippen molar-refractivity contribution in [1.29, 1.82) is 0 Å². The lowest BCUT2D eigenvalue weighted by Gasteiger charge is -2.26. The molecule has 1 aliphatic carbocycles. The van der Waals surface area contributed by atoms with E-state index in [0.29, 0.717) is 12.1 Å². The first-order chi connectivity index (χ1) is 9.65. The van der Waals surface area contributed by atoms with E-state index in [9.17, 15) is 9.59 Å². The summed E-state index contributed by atoms with van der Waals surface area (Å²) in [7, 11) is 1.37. The molecule has 0 bridgehead atoms. The smallest absolute Gasteiger partial charge is 0.337 e. The van der Waals surface area contributed by atoms with E-state index in [-0.39, 0.29) is 23.7 Å². The van der Waals surface area contributed by atoms with Crippen molar-refractivity contribution in [2.45, 2.75) is 25.2 Å². The summed E-state index contributed by atoms with van der Waals surface area (Å²) < 4.78 is 4.75. The highest BCUT2D eigenvalue weighted by atomic mass is 35.5. The second-order valence-corrected chi connectivity index (χ2v) is 5.20. The lowest BCUT2D eigenvalue weighted by Crippen LogP contribution is -2.30. The van der Waals surface area contributed by atoms with Crippen molar-refractivity contribution in [3.05, 3.63) is 34.9 Å². The maximum Gasteiger partial charge on any atom is 0.337 e. The van der Waals surface area contributed by atoms with Gasteiger partial charge in [-0.15, -0.1) is 11.6 Å². The third-order valence-electron chi connectivity index (χ3n) is 3.67. The Morgan fingerprint density at radius 3 is 2.95 bits per heavy atom. The van der Waals surface area contributed by atoms with E-state index in [4.69, 9.17) is 16.3 Å². The number of amides is 1. The van der Waals surface area contributed by atoms with E-state index in [1.165, 1.54) is 12.7 Å². The van der Waals surface area contributed by atoms with Crippen LogP contribution in [0.2, 0.25) is 0 Å². The summed E-state index contributed by atoms with van der Waals surface area (Å²) in [5.41, 5.74) is 2.94. The van der Waals surface area contributed by atoms with E-state index < -0.39 is 0 Å². The summed E-state index contributed by atoms with van der Waals surface area (Å²) in [5.74, 6) is -0.290. The van der Waals surface area contributed by atoms with Gasteiger partial charge in [0, 0.05) is 12.5 Å². The van der Waals surface area contributed by atoms with Crippen LogP contribution in [0.15, 0.2) is 18.2 Å². The van der Waals surface area contributed by atoms with Crippen LogP contribution in [0.4, 0.5) is 0 Å². The summed E-state index contributed by atoms with van der Waals surface area (Å²) in [4.78, 5) is 22.9. The number of aryl methyl sites for hydroxylation is 1. The van der Waals surface area contributed by atoms with Gasteiger partial charge in [-0.3, -0.25) is 4.79 Å². The molecule has 1 aromatic rings. The van der Waals surface area contributed by atoms with E-state index in [1.54, 1.807) is 6.07 Å². The molecule has 5 heteroatoms. The van der Waals surface area contributed by atoms with Gasteiger partial charge in [-0.05, 0) is 42.5 Å². The fourth-order valence-corrected chi connectivity index (χ4v) is 2.73. The van der Waals surface area contributed by atoms with Gasteiger partial charge in [-0.25, -0.2) is 4.79 Å². The first-order valence-electron chi connectivity index (χ1n) is 6.69. The molecular weight excluding hydrogens is 278 g/mol. The molecule has 0 spiro atoms. The summed E-state index contributed by atoms with van der Waals surface area (Å²) in [6, 6.07) is 5.67. The quantitative estimate of drug-likeness (QED) is 0.685. The van der Waals surface area contributed by atoms with Gasteiger partial charge < -0.3 is 10.1 Å². The number of halogens is 1. The number of alkyl halides is 1. The van der Waals surface area contributed by atoms with Gasteiger partial charge in [0.25, 0.3) is 0 Å². The van der Waals surface area contributed by atoms with Crippen molar-refractivity contribution in [2.75, 3.05) is 19.5 Å². The minimum atomic E-state index is -0.332. The molecule has 1 N–H and O–H groups in total. The normalized spacial score (nSPS) is 17.2. The molecule has 1 unspecified atom stereocenters. The molecule has 0 fully saturated rings. The Balaban J connectivity index is 2.19. The first-order valence-corrected chi connectivity index (χ1v) is 7.23.